The summed E-state index contributed by atoms with van der Waals surface area (Å²) >= 11 is 0. The minimum absolute atomic E-state index is 1.17. The van der Waals surface area contributed by atoms with Crippen LogP contribution in [0.15, 0.2) is 158 Å². The van der Waals surface area contributed by atoms with Crippen molar-refractivity contribution in [2.75, 3.05) is 11.9 Å². The molecule has 0 saturated heterocycles. The van der Waals surface area contributed by atoms with Crippen molar-refractivity contribution >= 4 is 32.9 Å². The average Bonchev–Trinajstić information content (AvgIpc) is 3.04. The van der Waals surface area contributed by atoms with E-state index in [9.17, 15) is 0 Å². The van der Waals surface area contributed by atoms with Crippen LogP contribution in [0.1, 0.15) is 0 Å². The van der Waals surface area contributed by atoms with Crippen molar-refractivity contribution in [1.29, 1.82) is 0 Å². The van der Waals surface area contributed by atoms with E-state index in [0.29, 0.717) is 0 Å². The maximum atomic E-state index is 2.35. The Morgan fingerprint density at radius 1 is 0.325 bits per heavy atom. The molecule has 0 aliphatic heterocycles. The van der Waals surface area contributed by atoms with Gasteiger partial charge in [0.25, 0.3) is 0 Å². The maximum Gasteiger partial charge on any atom is 0.0488 e. The summed E-state index contributed by atoms with van der Waals surface area (Å²) in [5.41, 5.74) is 9.63. The van der Waals surface area contributed by atoms with Crippen molar-refractivity contribution in [2.24, 2.45) is 0 Å². The Kier molecular flexibility index (Phi) is 6.11. The van der Waals surface area contributed by atoms with Gasteiger partial charge in [-0.05, 0) is 74.1 Å². The molecule has 190 valence electrons. The van der Waals surface area contributed by atoms with Crippen molar-refractivity contribution in [1.82, 2.24) is 0 Å². The molecule has 0 spiro atoms. The van der Waals surface area contributed by atoms with Crippen LogP contribution in [-0.4, -0.2) is 7.05 Å². The van der Waals surface area contributed by atoms with Gasteiger partial charge in [-0.15, -0.1) is 0 Å². The van der Waals surface area contributed by atoms with Crippen molar-refractivity contribution in [3.8, 4) is 33.4 Å². The number of fused-ring (bicyclic) bond motifs is 2. The molecule has 7 rings (SSSR count). The lowest BCUT2D eigenvalue weighted by molar-refractivity contribution is 1.21. The zero-order chi connectivity index (χ0) is 26.9. The molecule has 0 N–H and O–H groups in total. The van der Waals surface area contributed by atoms with Crippen LogP contribution in [-0.2, 0) is 0 Å². The minimum Gasteiger partial charge on any atom is -0.344 e. The summed E-state index contributed by atoms with van der Waals surface area (Å²) in [5, 5.41) is 5.01. The van der Waals surface area contributed by atoms with E-state index in [1.54, 1.807) is 0 Å². The van der Waals surface area contributed by atoms with Gasteiger partial charge in [0.15, 0.2) is 0 Å². The Bertz CT molecular complexity index is 1970. The lowest BCUT2D eigenvalue weighted by Gasteiger charge is -2.26. The smallest absolute Gasteiger partial charge is 0.0488 e. The van der Waals surface area contributed by atoms with Gasteiger partial charge in [-0.1, -0.05) is 127 Å². The number of hydrogen-bond acceptors (Lipinski definition) is 1. The Hall–Kier alpha value is -5.14. The summed E-state index contributed by atoms with van der Waals surface area (Å²) < 4.78 is 0. The fourth-order valence-corrected chi connectivity index (χ4v) is 5.72. The third-order valence-corrected chi connectivity index (χ3v) is 7.85. The summed E-state index contributed by atoms with van der Waals surface area (Å²) in [6, 6.07) is 56.9. The van der Waals surface area contributed by atoms with E-state index in [0.717, 1.165) is 0 Å². The normalized spacial score (nSPS) is 11.1. The SMILES string of the molecule is CN(c1ccccc1-c1ccccc1)c1ccc(-c2ccc3ccccc3c2)cc1-c1ccc2ccccc2c1. The van der Waals surface area contributed by atoms with Crippen LogP contribution in [0, 0.1) is 0 Å². The van der Waals surface area contributed by atoms with E-state index < -0.39 is 0 Å². The summed E-state index contributed by atoms with van der Waals surface area (Å²) in [5.74, 6) is 0. The molecule has 0 aromatic heterocycles. The monoisotopic (exact) mass is 511 g/mol. The molecule has 0 bridgehead atoms. The van der Waals surface area contributed by atoms with Gasteiger partial charge in [0.2, 0.25) is 0 Å². The molecule has 0 radical (unpaired) electrons. The predicted molar refractivity (Wildman–Crippen MR) is 172 cm³/mol. The zero-order valence-corrected chi connectivity index (χ0v) is 22.5. The first-order valence-corrected chi connectivity index (χ1v) is 13.8. The highest BCUT2D eigenvalue weighted by atomic mass is 15.1. The minimum atomic E-state index is 1.17. The van der Waals surface area contributed by atoms with Crippen molar-refractivity contribution in [2.45, 2.75) is 0 Å². The number of para-hydroxylation sites is 1. The van der Waals surface area contributed by atoms with E-state index in [2.05, 4.69) is 170 Å². The van der Waals surface area contributed by atoms with Crippen LogP contribution in [0.25, 0.3) is 54.9 Å². The van der Waals surface area contributed by atoms with Gasteiger partial charge in [-0.2, -0.15) is 0 Å². The molecule has 0 aliphatic carbocycles. The molecule has 1 heteroatoms. The molecular formula is C39H29N. The molecule has 0 aliphatic rings. The van der Waals surface area contributed by atoms with E-state index in [-0.39, 0.29) is 0 Å². The number of benzene rings is 7. The Morgan fingerprint density at radius 2 is 0.825 bits per heavy atom. The van der Waals surface area contributed by atoms with E-state index in [1.807, 2.05) is 0 Å². The highest BCUT2D eigenvalue weighted by Gasteiger charge is 2.16. The van der Waals surface area contributed by atoms with Crippen LogP contribution >= 0.6 is 0 Å². The first-order valence-electron chi connectivity index (χ1n) is 13.8. The highest BCUT2D eigenvalue weighted by Crippen LogP contribution is 2.41. The van der Waals surface area contributed by atoms with Crippen LogP contribution in [0.5, 0.6) is 0 Å². The van der Waals surface area contributed by atoms with Gasteiger partial charge >= 0.3 is 0 Å². The van der Waals surface area contributed by atoms with Crippen LogP contribution in [0.4, 0.5) is 11.4 Å². The summed E-state index contributed by atoms with van der Waals surface area (Å²) in [6.45, 7) is 0. The zero-order valence-electron chi connectivity index (χ0n) is 22.5. The number of anilines is 2. The molecule has 0 fully saturated rings. The molecule has 0 atom stereocenters. The fraction of sp³-hybridized carbons (Fsp3) is 0.0256. The Labute approximate surface area is 235 Å². The molecule has 0 heterocycles. The van der Waals surface area contributed by atoms with Crippen LogP contribution in [0.2, 0.25) is 0 Å². The number of hydrogen-bond donors (Lipinski definition) is 0. The second-order valence-electron chi connectivity index (χ2n) is 10.3. The fourth-order valence-electron chi connectivity index (χ4n) is 5.72. The van der Waals surface area contributed by atoms with Gasteiger partial charge < -0.3 is 4.90 Å². The van der Waals surface area contributed by atoms with E-state index in [4.69, 9.17) is 0 Å². The lowest BCUT2D eigenvalue weighted by atomic mass is 9.94. The van der Waals surface area contributed by atoms with Crippen LogP contribution < -0.4 is 4.90 Å². The molecule has 40 heavy (non-hydrogen) atoms. The van der Waals surface area contributed by atoms with Gasteiger partial charge in [0.05, 0.1) is 0 Å². The molecule has 0 unspecified atom stereocenters. The van der Waals surface area contributed by atoms with Crippen molar-refractivity contribution < 1.29 is 0 Å². The van der Waals surface area contributed by atoms with Crippen molar-refractivity contribution in [3.63, 3.8) is 0 Å². The quantitative estimate of drug-likeness (QED) is 0.222. The van der Waals surface area contributed by atoms with Crippen molar-refractivity contribution in [3.05, 3.63) is 158 Å². The van der Waals surface area contributed by atoms with Crippen LogP contribution in [0.3, 0.4) is 0 Å². The first kappa shape index (κ1) is 23.9. The Balaban J connectivity index is 1.41. The topological polar surface area (TPSA) is 3.24 Å². The molecule has 0 amide bonds. The van der Waals surface area contributed by atoms with Gasteiger partial charge in [-0.25, -0.2) is 0 Å². The van der Waals surface area contributed by atoms with Gasteiger partial charge in [0.1, 0.15) is 0 Å². The van der Waals surface area contributed by atoms with E-state index >= 15 is 0 Å². The molecule has 0 saturated carbocycles. The second-order valence-corrected chi connectivity index (χ2v) is 10.3. The maximum absolute atomic E-state index is 2.35. The van der Waals surface area contributed by atoms with E-state index in [1.165, 1.54) is 66.3 Å². The highest BCUT2D eigenvalue weighted by molar-refractivity contribution is 5.95. The average molecular weight is 512 g/mol. The third-order valence-electron chi connectivity index (χ3n) is 7.85. The summed E-state index contributed by atoms with van der Waals surface area (Å²) in [6.07, 6.45) is 0. The molecular weight excluding hydrogens is 482 g/mol. The molecule has 1 nitrogen and oxygen atoms in total. The second kappa shape index (κ2) is 10.2. The Morgan fingerprint density at radius 3 is 1.55 bits per heavy atom. The number of rotatable bonds is 5. The molecule has 7 aromatic rings. The van der Waals surface area contributed by atoms with Gasteiger partial charge in [0, 0.05) is 29.5 Å². The van der Waals surface area contributed by atoms with Gasteiger partial charge in [-0.3, -0.25) is 0 Å². The number of nitrogens with zero attached hydrogens (tertiary/aromatic N) is 1. The molecule has 7 aromatic carbocycles. The third kappa shape index (κ3) is 4.42. The predicted octanol–water partition coefficient (Wildman–Crippen LogP) is 10.8. The largest absolute Gasteiger partial charge is 0.344 e. The first-order chi connectivity index (χ1) is 19.7. The summed E-state index contributed by atoms with van der Waals surface area (Å²) in [4.78, 5) is 2.33. The summed E-state index contributed by atoms with van der Waals surface area (Å²) in [7, 11) is 2.18. The standard InChI is InChI=1S/C39H29N/c1-40(38-18-10-9-17-36(38)30-13-3-2-4-14-30)39-24-23-34(33-21-19-28-11-5-7-15-31(28)25-33)27-37(39)35-22-20-29-12-6-8-16-32(29)26-35/h2-27H,1H3. The lowest BCUT2D eigenvalue weighted by Crippen LogP contribution is -2.12.